The first-order valence-electron chi connectivity index (χ1n) is 10.2. The number of thiocarbonyl (C=S) groups is 1. The standard InChI is InChI=1S/C21H32O7S/c1-2-3-4-5-6-10-13-25-20-19(24)18(23)17(22)16(28-20)14-26-21(29)27-15-11-8-7-9-12-15/h7-9,11-12,16-20,22-24H,2-6,10,13-14H2,1H3/t16-,17-,18+,19-,20-/m1/s1. The second kappa shape index (κ2) is 13.1. The Hall–Kier alpha value is -1.29. The second-order valence-electron chi connectivity index (χ2n) is 7.13. The topological polar surface area (TPSA) is 97.6 Å². The van der Waals surface area contributed by atoms with E-state index in [1.165, 1.54) is 19.3 Å². The van der Waals surface area contributed by atoms with Crippen molar-refractivity contribution in [2.24, 2.45) is 0 Å². The Kier molecular flexibility index (Phi) is 10.8. The molecule has 0 radical (unpaired) electrons. The molecule has 7 nitrogen and oxygen atoms in total. The highest BCUT2D eigenvalue weighted by atomic mass is 32.1. The van der Waals surface area contributed by atoms with Gasteiger partial charge < -0.3 is 34.3 Å². The summed E-state index contributed by atoms with van der Waals surface area (Å²) in [5.74, 6) is 0.526. The molecule has 0 bridgehead atoms. The van der Waals surface area contributed by atoms with Gasteiger partial charge in [0.2, 0.25) is 0 Å². The number of benzene rings is 1. The van der Waals surface area contributed by atoms with Crippen molar-refractivity contribution < 1.29 is 34.3 Å². The molecular formula is C21H32O7S. The second-order valence-corrected chi connectivity index (χ2v) is 7.46. The highest BCUT2D eigenvalue weighted by molar-refractivity contribution is 7.79. The van der Waals surface area contributed by atoms with Crippen molar-refractivity contribution in [1.82, 2.24) is 0 Å². The Bertz CT molecular complexity index is 586. The van der Waals surface area contributed by atoms with Crippen LogP contribution in [0, 0.1) is 0 Å². The SMILES string of the molecule is CCCCCCCCO[C@@H]1O[C@H](COC(=S)Oc2ccccc2)[C@@H](O)[C@H](O)[C@H]1O. The summed E-state index contributed by atoms with van der Waals surface area (Å²) in [5, 5.41) is 30.3. The normalized spacial score (nSPS) is 26.8. The molecule has 0 unspecified atom stereocenters. The highest BCUT2D eigenvalue weighted by Gasteiger charge is 2.44. The Balaban J connectivity index is 1.74. The van der Waals surface area contributed by atoms with E-state index >= 15 is 0 Å². The van der Waals surface area contributed by atoms with E-state index in [9.17, 15) is 15.3 Å². The van der Waals surface area contributed by atoms with Crippen molar-refractivity contribution in [2.75, 3.05) is 13.2 Å². The number of para-hydroxylation sites is 1. The van der Waals surface area contributed by atoms with Crippen LogP contribution in [0.1, 0.15) is 45.4 Å². The molecule has 1 heterocycles. The zero-order valence-corrected chi connectivity index (χ0v) is 17.6. The van der Waals surface area contributed by atoms with E-state index in [0.29, 0.717) is 12.4 Å². The molecule has 3 N–H and O–H groups in total. The summed E-state index contributed by atoms with van der Waals surface area (Å²) in [4.78, 5) is 0. The number of hydrogen-bond acceptors (Lipinski definition) is 8. The molecule has 1 aliphatic rings. The van der Waals surface area contributed by atoms with Gasteiger partial charge in [0.05, 0.1) is 0 Å². The number of rotatable bonds is 11. The van der Waals surface area contributed by atoms with E-state index < -0.39 is 30.7 Å². The van der Waals surface area contributed by atoms with Gasteiger partial charge in [0.15, 0.2) is 6.29 Å². The van der Waals surface area contributed by atoms with Gasteiger partial charge in [-0.3, -0.25) is 0 Å². The van der Waals surface area contributed by atoms with Crippen LogP contribution in [0.3, 0.4) is 0 Å². The van der Waals surface area contributed by atoms with Gasteiger partial charge in [0.1, 0.15) is 36.8 Å². The van der Waals surface area contributed by atoms with Crippen LogP contribution in [0.15, 0.2) is 30.3 Å². The van der Waals surface area contributed by atoms with E-state index in [1.54, 1.807) is 24.3 Å². The van der Waals surface area contributed by atoms with Gasteiger partial charge in [-0.2, -0.15) is 0 Å². The molecular weight excluding hydrogens is 396 g/mol. The Morgan fingerprint density at radius 1 is 0.966 bits per heavy atom. The molecule has 1 aromatic carbocycles. The van der Waals surface area contributed by atoms with E-state index in [2.05, 4.69) is 6.92 Å². The molecule has 29 heavy (non-hydrogen) atoms. The predicted molar refractivity (Wildman–Crippen MR) is 112 cm³/mol. The quantitative estimate of drug-likeness (QED) is 0.365. The molecule has 8 heteroatoms. The zero-order valence-electron chi connectivity index (χ0n) is 16.8. The van der Waals surface area contributed by atoms with Gasteiger partial charge in [0.25, 0.3) is 0 Å². The maximum absolute atomic E-state index is 10.2. The molecule has 1 fully saturated rings. The number of aliphatic hydroxyl groups excluding tert-OH is 3. The van der Waals surface area contributed by atoms with Crippen LogP contribution in [0.4, 0.5) is 0 Å². The smallest absolute Gasteiger partial charge is 0.357 e. The summed E-state index contributed by atoms with van der Waals surface area (Å²) in [5.41, 5.74) is 0. The fraction of sp³-hybridized carbons (Fsp3) is 0.667. The zero-order chi connectivity index (χ0) is 21.1. The van der Waals surface area contributed by atoms with E-state index in [-0.39, 0.29) is 11.8 Å². The number of hydrogen-bond donors (Lipinski definition) is 3. The molecule has 0 amide bonds. The number of ether oxygens (including phenoxy) is 4. The summed E-state index contributed by atoms with van der Waals surface area (Å²) in [6.45, 7) is 2.43. The van der Waals surface area contributed by atoms with Crippen LogP contribution in [-0.4, -0.2) is 64.5 Å². The van der Waals surface area contributed by atoms with Crippen LogP contribution in [0.25, 0.3) is 0 Å². The molecule has 1 saturated heterocycles. The summed E-state index contributed by atoms with van der Waals surface area (Å²) < 4.78 is 21.9. The largest absolute Gasteiger partial charge is 0.454 e. The maximum atomic E-state index is 10.2. The van der Waals surface area contributed by atoms with E-state index in [1.807, 2.05) is 6.07 Å². The lowest BCUT2D eigenvalue weighted by Gasteiger charge is -2.40. The van der Waals surface area contributed by atoms with Gasteiger partial charge in [0, 0.05) is 18.8 Å². The van der Waals surface area contributed by atoms with Crippen molar-refractivity contribution in [2.45, 2.75) is 76.2 Å². The Labute approximate surface area is 177 Å². The summed E-state index contributed by atoms with van der Waals surface area (Å²) >= 11 is 5.03. The fourth-order valence-corrected chi connectivity index (χ4v) is 3.20. The highest BCUT2D eigenvalue weighted by Crippen LogP contribution is 2.23. The lowest BCUT2D eigenvalue weighted by Crippen LogP contribution is -2.59. The van der Waals surface area contributed by atoms with E-state index in [4.69, 9.17) is 31.2 Å². The number of aliphatic hydroxyl groups is 3. The molecule has 0 saturated carbocycles. The maximum Gasteiger partial charge on any atom is 0.357 e. The molecule has 0 spiro atoms. The van der Waals surface area contributed by atoms with Gasteiger partial charge in [-0.1, -0.05) is 57.2 Å². The van der Waals surface area contributed by atoms with Crippen molar-refractivity contribution in [1.29, 1.82) is 0 Å². The first-order chi connectivity index (χ1) is 14.0. The lowest BCUT2D eigenvalue weighted by molar-refractivity contribution is -0.300. The third kappa shape index (κ3) is 8.16. The summed E-state index contributed by atoms with van der Waals surface area (Å²) in [6.07, 6.45) is 0.603. The third-order valence-corrected chi connectivity index (χ3v) is 4.96. The van der Waals surface area contributed by atoms with Gasteiger partial charge in [-0.15, -0.1) is 0 Å². The third-order valence-electron chi connectivity index (χ3n) is 4.76. The van der Waals surface area contributed by atoms with Crippen molar-refractivity contribution in [3.05, 3.63) is 30.3 Å². The van der Waals surface area contributed by atoms with Gasteiger partial charge in [-0.25, -0.2) is 0 Å². The average Bonchev–Trinajstić information content (AvgIpc) is 2.72. The first-order valence-corrected chi connectivity index (χ1v) is 10.6. The van der Waals surface area contributed by atoms with Crippen molar-refractivity contribution >= 4 is 17.5 Å². The summed E-state index contributed by atoms with van der Waals surface area (Å²) in [6, 6.07) is 8.91. The molecule has 164 valence electrons. The van der Waals surface area contributed by atoms with Crippen LogP contribution in [0.2, 0.25) is 0 Å². The van der Waals surface area contributed by atoms with E-state index in [0.717, 1.165) is 19.3 Å². The minimum absolute atomic E-state index is 0.128. The fourth-order valence-electron chi connectivity index (χ4n) is 3.04. The first kappa shape index (κ1) is 24.0. The Morgan fingerprint density at radius 3 is 2.38 bits per heavy atom. The van der Waals surface area contributed by atoms with Crippen LogP contribution in [0.5, 0.6) is 5.75 Å². The molecule has 1 aromatic rings. The summed E-state index contributed by atoms with van der Waals surface area (Å²) in [7, 11) is 0. The Morgan fingerprint density at radius 2 is 1.66 bits per heavy atom. The molecule has 5 atom stereocenters. The van der Waals surface area contributed by atoms with Gasteiger partial charge >= 0.3 is 5.24 Å². The molecule has 1 aliphatic heterocycles. The monoisotopic (exact) mass is 428 g/mol. The molecule has 0 aliphatic carbocycles. The minimum Gasteiger partial charge on any atom is -0.454 e. The molecule has 0 aromatic heterocycles. The predicted octanol–water partition coefficient (Wildman–Crippen LogP) is 2.55. The number of unbranched alkanes of at least 4 members (excludes halogenated alkanes) is 5. The van der Waals surface area contributed by atoms with Crippen LogP contribution in [-0.2, 0) is 14.2 Å². The lowest BCUT2D eigenvalue weighted by atomic mass is 9.99. The van der Waals surface area contributed by atoms with Crippen LogP contribution >= 0.6 is 12.2 Å². The van der Waals surface area contributed by atoms with Gasteiger partial charge in [-0.05, 0) is 18.6 Å². The van der Waals surface area contributed by atoms with Crippen molar-refractivity contribution in [3.8, 4) is 5.75 Å². The minimum atomic E-state index is -1.41. The van der Waals surface area contributed by atoms with Crippen molar-refractivity contribution in [3.63, 3.8) is 0 Å². The molecule has 2 rings (SSSR count). The van der Waals surface area contributed by atoms with Crippen LogP contribution < -0.4 is 4.74 Å². The average molecular weight is 429 g/mol.